The van der Waals surface area contributed by atoms with Crippen molar-refractivity contribution in [2.75, 3.05) is 55.7 Å². The molecule has 4 aromatic rings. The minimum atomic E-state index is -5.52. The fourth-order valence-corrected chi connectivity index (χ4v) is 11.5. The largest absolute Gasteiger partial charge is 0.481 e. The fraction of sp³-hybridized carbons (Fsp3) is 0.488. The summed E-state index contributed by atoms with van der Waals surface area (Å²) in [6.07, 6.45) is -2.34. The number of imidazole rings is 1. The fourth-order valence-electron chi connectivity index (χ4n) is 9.27. The maximum Gasteiger partial charge on any atom is 0.481 e. The van der Waals surface area contributed by atoms with Crippen LogP contribution in [-0.2, 0) is 55.8 Å². The molecule has 0 radical (unpaired) electrons. The van der Waals surface area contributed by atoms with Gasteiger partial charge in [0.25, 0.3) is 21.6 Å². The molecule has 27 nitrogen and oxygen atoms in total. The number of aromatic amines is 1. The topological polar surface area (TPSA) is 373 Å². The highest BCUT2D eigenvalue weighted by atomic mass is 32.2. The zero-order valence-corrected chi connectivity index (χ0v) is 41.4. The van der Waals surface area contributed by atoms with Crippen molar-refractivity contribution in [3.8, 4) is 11.5 Å². The molecule has 8 rings (SSSR count). The normalized spacial score (nSPS) is 21.2. The van der Waals surface area contributed by atoms with Crippen molar-refractivity contribution in [3.63, 3.8) is 0 Å². The Kier molecular flexibility index (Phi) is 14.4. The Morgan fingerprint density at radius 2 is 1.86 bits per heavy atom. The molecule has 5 atom stereocenters. The van der Waals surface area contributed by atoms with Gasteiger partial charge in [-0.25, -0.2) is 28.1 Å². The molecular weight excluding hydrogens is 999 g/mol. The predicted octanol–water partition coefficient (Wildman–Crippen LogP) is -0.309. The van der Waals surface area contributed by atoms with Gasteiger partial charge in [0.2, 0.25) is 23.0 Å². The zero-order valence-electron chi connectivity index (χ0n) is 38.8. The van der Waals surface area contributed by atoms with Crippen LogP contribution in [0, 0.1) is 0 Å². The van der Waals surface area contributed by atoms with Crippen molar-refractivity contribution in [2.45, 2.75) is 76.5 Å². The van der Waals surface area contributed by atoms with Gasteiger partial charge in [0, 0.05) is 55.4 Å². The Labute approximate surface area is 404 Å². The van der Waals surface area contributed by atoms with E-state index < -0.39 is 79.9 Å². The lowest BCUT2D eigenvalue weighted by Crippen LogP contribution is -2.47. The molecule has 10 N–H and O–H groups in total. The van der Waals surface area contributed by atoms with E-state index in [1.54, 1.807) is 18.2 Å². The molecule has 30 heteroatoms. The maximum atomic E-state index is 13.1. The number of nitrogen functional groups attached to an aromatic ring is 1. The van der Waals surface area contributed by atoms with Crippen molar-refractivity contribution in [1.82, 2.24) is 29.7 Å². The van der Waals surface area contributed by atoms with E-state index in [0.717, 1.165) is 31.3 Å². The minimum Gasteiger partial charge on any atom is -0.452 e. The third kappa shape index (κ3) is 11.5. The van der Waals surface area contributed by atoms with E-state index in [1.165, 1.54) is 28.1 Å². The molecule has 71 heavy (non-hydrogen) atoms. The van der Waals surface area contributed by atoms with Crippen molar-refractivity contribution >= 4 is 71.8 Å². The molecule has 6 heterocycles. The number of anilines is 2. The second-order valence-electron chi connectivity index (χ2n) is 17.8. The number of carbonyl (C=O) groups excluding carboxylic acids is 2. The molecular formula is C41H54N10O17P2S+2. The van der Waals surface area contributed by atoms with Crippen LogP contribution in [0.4, 0.5) is 22.1 Å². The highest BCUT2D eigenvalue weighted by molar-refractivity contribution is 7.86. The number of hydrogen-bond acceptors (Lipinski definition) is 17. The quantitative estimate of drug-likeness (QED) is 0.0250. The van der Waals surface area contributed by atoms with E-state index in [4.69, 9.17) is 39.2 Å². The van der Waals surface area contributed by atoms with Crippen molar-refractivity contribution < 1.29 is 79.1 Å². The second-order valence-corrected chi connectivity index (χ2v) is 22.1. The van der Waals surface area contributed by atoms with Gasteiger partial charge in [0.05, 0.1) is 25.3 Å². The summed E-state index contributed by atoms with van der Waals surface area (Å²) in [5.41, 5.74) is 7.45. The number of nitrogens with two attached hydrogens (primary N) is 1. The number of fused-ring (bicyclic) bond motifs is 5. The number of alkyl carbamates (subject to hydrolysis) is 1. The molecule has 2 aromatic carbocycles. The van der Waals surface area contributed by atoms with Gasteiger partial charge in [-0.2, -0.15) is 12.7 Å². The van der Waals surface area contributed by atoms with Gasteiger partial charge in [-0.15, -0.1) is 0 Å². The van der Waals surface area contributed by atoms with Gasteiger partial charge < -0.3 is 55.3 Å². The summed E-state index contributed by atoms with van der Waals surface area (Å²) in [4.78, 5) is 80.1. The minimum absolute atomic E-state index is 0.00459. The monoisotopic (exact) mass is 1050 g/mol. The van der Waals surface area contributed by atoms with E-state index in [9.17, 15) is 46.5 Å². The van der Waals surface area contributed by atoms with Crippen LogP contribution in [0.5, 0.6) is 11.5 Å². The highest BCUT2D eigenvalue weighted by Crippen LogP contribution is 2.58. The van der Waals surface area contributed by atoms with Crippen molar-refractivity contribution in [1.29, 1.82) is 0 Å². The summed E-state index contributed by atoms with van der Waals surface area (Å²) in [5, 5.41) is 18.3. The third-order valence-corrected chi connectivity index (χ3v) is 15.1. The number of ether oxygens (including phenoxy) is 3. The number of aryl methyl sites for hydroxylation is 2. The van der Waals surface area contributed by atoms with Crippen LogP contribution >= 0.6 is 15.6 Å². The number of nitrogens with zero attached hydrogens (tertiary/aromatic N) is 6. The molecule has 4 aliphatic rings. The molecule has 0 bridgehead atoms. The molecule has 2 amide bonds. The number of aliphatic hydroxyl groups is 1. The number of carbonyl (C=O) groups is 2. The van der Waals surface area contributed by atoms with E-state index in [2.05, 4.69) is 36.4 Å². The van der Waals surface area contributed by atoms with Crippen LogP contribution in [0.25, 0.3) is 16.7 Å². The van der Waals surface area contributed by atoms with E-state index >= 15 is 0 Å². The number of phosphoric acid groups is 2. The van der Waals surface area contributed by atoms with Gasteiger partial charge in [0.1, 0.15) is 36.0 Å². The Balaban J connectivity index is 0.902. The number of hydrogen-bond donors (Lipinski definition) is 9. The molecule has 1 saturated heterocycles. The first-order valence-electron chi connectivity index (χ1n) is 22.3. The standard InChI is InChI=1S/C41H52N10O17P2S/c1-5-49-12-6-8-22-14-25-29(16-27(22)49)65-30-17-28-24(15-26(30)45-25)23(20-71(61,62)63)18-41(2,3)51(28)13-7-9-32(52)43-10-11-44-40(55)67-35-31(19-64-70(59,60)68-69(56,57)58)66-38(34(35)53)50-21-48(4)33-36(50)46-39(42)47-37(33)54/h14-18,21,31,34-35,38,53H,5-13,19-20H2,1-4H3,(H7-2,42,43,44,46,47,52,54,55,56,57,58,59,60,61,62,63)/p+2/t31-,34-,35-,38-/m1/s1. The average Bonchev–Trinajstić information content (AvgIpc) is 3.75. The molecule has 4 aliphatic heterocycles. The second kappa shape index (κ2) is 19.8. The Morgan fingerprint density at radius 1 is 1.11 bits per heavy atom. The lowest BCUT2D eigenvalue weighted by Gasteiger charge is -2.44. The number of nitrogens with one attached hydrogen (secondary N) is 3. The molecule has 0 aliphatic carbocycles. The predicted molar refractivity (Wildman–Crippen MR) is 249 cm³/mol. The van der Waals surface area contributed by atoms with Gasteiger partial charge in [-0.3, -0.25) is 28.2 Å². The SMILES string of the molecule is CC[N+]1=c2cc3c(cc2CCC1)=Nc1cc2c(cc1O3)N(CCCC(=O)NCCNC(=O)O[C@H]1[C@@H](O)[C@H]([n+]3cn(C)c4c(=O)[nH]c(N)nc43)O[C@@H]1COP(=O)(O)OP(=O)(O)O)C(C)(C)C=C2CS(=O)(=O)O. The number of aromatic nitrogens is 4. The van der Waals surface area contributed by atoms with Crippen LogP contribution in [0.3, 0.4) is 0 Å². The number of amides is 2. The summed E-state index contributed by atoms with van der Waals surface area (Å²) in [7, 11) is -13.9. The third-order valence-electron chi connectivity index (χ3n) is 12.2. The average molecular weight is 1050 g/mol. The molecule has 1 unspecified atom stereocenters. The summed E-state index contributed by atoms with van der Waals surface area (Å²) >= 11 is 0. The van der Waals surface area contributed by atoms with Crippen LogP contribution in [0.1, 0.15) is 57.4 Å². The molecule has 2 aromatic heterocycles. The Morgan fingerprint density at radius 3 is 2.58 bits per heavy atom. The van der Waals surface area contributed by atoms with Gasteiger partial charge in [0.15, 0.2) is 30.0 Å². The summed E-state index contributed by atoms with van der Waals surface area (Å²) in [6, 6.07) is 7.58. The number of benzene rings is 2. The summed E-state index contributed by atoms with van der Waals surface area (Å²) in [6.45, 7) is 6.68. The maximum absolute atomic E-state index is 13.1. The number of phosphoric ester groups is 1. The van der Waals surface area contributed by atoms with E-state index in [1.807, 2.05) is 30.9 Å². The lowest BCUT2D eigenvalue weighted by molar-refractivity contribution is -0.745. The first-order chi connectivity index (χ1) is 33.3. The van der Waals surface area contributed by atoms with Gasteiger partial charge in [-0.1, -0.05) is 11.1 Å². The number of aliphatic hydroxyl groups excluding tert-OH is 1. The lowest BCUT2D eigenvalue weighted by atomic mass is 9.88. The molecule has 0 saturated carbocycles. The Bertz CT molecular complexity index is 3250. The Hall–Kier alpha value is -5.64. The van der Waals surface area contributed by atoms with E-state index in [0.29, 0.717) is 52.3 Å². The van der Waals surface area contributed by atoms with Crippen LogP contribution in [-0.4, -0.2) is 128 Å². The highest BCUT2D eigenvalue weighted by Gasteiger charge is 2.51. The molecule has 384 valence electrons. The van der Waals surface area contributed by atoms with Crippen molar-refractivity contribution in [2.24, 2.45) is 12.0 Å². The van der Waals surface area contributed by atoms with Gasteiger partial charge in [-0.05, 0) is 51.3 Å². The first kappa shape index (κ1) is 51.7. The summed E-state index contributed by atoms with van der Waals surface area (Å²) in [5.74, 6) is -0.245. The van der Waals surface area contributed by atoms with Crippen LogP contribution in [0.15, 0.2) is 46.5 Å². The summed E-state index contributed by atoms with van der Waals surface area (Å²) < 4.78 is 89.0. The molecule has 0 spiro atoms. The van der Waals surface area contributed by atoms with Crippen LogP contribution < -0.4 is 51.4 Å². The molecule has 1 fully saturated rings. The van der Waals surface area contributed by atoms with Crippen molar-refractivity contribution in [3.05, 3.63) is 68.9 Å². The number of H-pyrrole nitrogens is 1. The van der Waals surface area contributed by atoms with Crippen LogP contribution in [0.2, 0.25) is 0 Å². The van der Waals surface area contributed by atoms with E-state index in [-0.39, 0.29) is 42.5 Å². The number of rotatable bonds is 17. The zero-order chi connectivity index (χ0) is 51.4. The van der Waals surface area contributed by atoms with Gasteiger partial charge >= 0.3 is 27.4 Å². The first-order valence-corrected chi connectivity index (χ1v) is 26.9. The smallest absolute Gasteiger partial charge is 0.452 e.